The Balaban J connectivity index is 1.63. The molecule has 1 aromatic carbocycles. The van der Waals surface area contributed by atoms with E-state index in [9.17, 15) is 13.6 Å². The molecule has 26 heavy (non-hydrogen) atoms. The molecule has 1 N–H and O–H groups in total. The first kappa shape index (κ1) is 15.9. The van der Waals surface area contributed by atoms with E-state index in [1.54, 1.807) is 22.9 Å². The maximum absolute atomic E-state index is 13.2. The zero-order valence-corrected chi connectivity index (χ0v) is 13.4. The smallest absolute Gasteiger partial charge is 0.275 e. The summed E-state index contributed by atoms with van der Waals surface area (Å²) in [5.74, 6) is -2.09. The fourth-order valence-electron chi connectivity index (χ4n) is 2.61. The van der Waals surface area contributed by atoms with Crippen molar-refractivity contribution in [3.8, 4) is 11.3 Å². The van der Waals surface area contributed by atoms with E-state index < -0.39 is 17.5 Å². The van der Waals surface area contributed by atoms with Gasteiger partial charge in [-0.05, 0) is 36.4 Å². The zero-order valence-electron chi connectivity index (χ0n) is 13.4. The standard InChI is InChI=1S/C19H12F2N4O/c20-13-7-14(21)9-15(8-13)23-19(26)17-11-25-10-12(4-5-18(25)24-17)16-3-1-2-6-22-16/h1-11H,(H,23,26). The topological polar surface area (TPSA) is 59.3 Å². The van der Waals surface area contributed by atoms with Gasteiger partial charge in [0.25, 0.3) is 5.91 Å². The molecule has 0 aliphatic heterocycles. The molecule has 0 fully saturated rings. The lowest BCUT2D eigenvalue weighted by Crippen LogP contribution is -2.12. The Morgan fingerprint density at radius 1 is 1.00 bits per heavy atom. The molecule has 4 rings (SSSR count). The molecule has 4 aromatic rings. The van der Waals surface area contributed by atoms with Gasteiger partial charge in [0.05, 0.1) is 5.69 Å². The summed E-state index contributed by atoms with van der Waals surface area (Å²) in [6.07, 6.45) is 5.06. The van der Waals surface area contributed by atoms with Gasteiger partial charge in [0, 0.05) is 35.9 Å². The van der Waals surface area contributed by atoms with Crippen LogP contribution in [0.1, 0.15) is 10.5 Å². The number of hydrogen-bond donors (Lipinski definition) is 1. The minimum atomic E-state index is -0.768. The molecule has 0 spiro atoms. The first-order valence-electron chi connectivity index (χ1n) is 7.76. The summed E-state index contributed by atoms with van der Waals surface area (Å²) >= 11 is 0. The van der Waals surface area contributed by atoms with Gasteiger partial charge in [-0.15, -0.1) is 0 Å². The third-order valence-corrected chi connectivity index (χ3v) is 3.76. The van der Waals surface area contributed by atoms with Crippen molar-refractivity contribution in [3.05, 3.63) is 84.4 Å². The highest BCUT2D eigenvalue weighted by Gasteiger charge is 2.13. The number of rotatable bonds is 3. The predicted octanol–water partition coefficient (Wildman–Crippen LogP) is 3.93. The van der Waals surface area contributed by atoms with Crippen LogP contribution in [0.25, 0.3) is 16.9 Å². The lowest BCUT2D eigenvalue weighted by Gasteiger charge is -2.03. The Labute approximate surface area is 147 Å². The van der Waals surface area contributed by atoms with Gasteiger partial charge in [0.1, 0.15) is 23.0 Å². The van der Waals surface area contributed by atoms with E-state index in [1.807, 2.05) is 30.5 Å². The Hall–Kier alpha value is -3.61. The first-order valence-corrected chi connectivity index (χ1v) is 7.76. The third kappa shape index (κ3) is 3.14. The van der Waals surface area contributed by atoms with E-state index in [4.69, 9.17) is 0 Å². The van der Waals surface area contributed by atoms with Crippen molar-refractivity contribution in [3.63, 3.8) is 0 Å². The fourth-order valence-corrected chi connectivity index (χ4v) is 2.61. The quantitative estimate of drug-likeness (QED) is 0.609. The van der Waals surface area contributed by atoms with Gasteiger partial charge in [0.15, 0.2) is 0 Å². The second kappa shape index (κ2) is 6.36. The van der Waals surface area contributed by atoms with Crippen LogP contribution in [0.15, 0.2) is 67.1 Å². The Kier molecular flexibility index (Phi) is 3.89. The Morgan fingerprint density at radius 3 is 2.54 bits per heavy atom. The number of fused-ring (bicyclic) bond motifs is 1. The van der Waals surface area contributed by atoms with Crippen LogP contribution in [0.2, 0.25) is 0 Å². The number of hydrogen-bond acceptors (Lipinski definition) is 3. The minimum Gasteiger partial charge on any atom is -0.320 e. The monoisotopic (exact) mass is 350 g/mol. The van der Waals surface area contributed by atoms with Gasteiger partial charge in [0.2, 0.25) is 0 Å². The highest BCUT2D eigenvalue weighted by atomic mass is 19.1. The molecule has 0 aliphatic rings. The second-order valence-corrected chi connectivity index (χ2v) is 5.64. The van der Waals surface area contributed by atoms with Crippen LogP contribution in [0.5, 0.6) is 0 Å². The molecule has 0 radical (unpaired) electrons. The first-order chi connectivity index (χ1) is 12.6. The van der Waals surface area contributed by atoms with E-state index in [-0.39, 0.29) is 11.4 Å². The summed E-state index contributed by atoms with van der Waals surface area (Å²) in [6, 6.07) is 12.0. The number of imidazole rings is 1. The lowest BCUT2D eigenvalue weighted by molar-refractivity contribution is 0.102. The maximum atomic E-state index is 13.2. The molecule has 3 heterocycles. The van der Waals surface area contributed by atoms with Crippen LogP contribution in [-0.2, 0) is 0 Å². The summed E-state index contributed by atoms with van der Waals surface area (Å²) < 4.78 is 28.2. The lowest BCUT2D eigenvalue weighted by atomic mass is 10.2. The van der Waals surface area contributed by atoms with Crippen LogP contribution < -0.4 is 5.32 Å². The number of benzene rings is 1. The Morgan fingerprint density at radius 2 is 1.81 bits per heavy atom. The SMILES string of the molecule is O=C(Nc1cc(F)cc(F)c1)c1cn2cc(-c3ccccn3)ccc2n1. The molecule has 128 valence electrons. The fraction of sp³-hybridized carbons (Fsp3) is 0. The number of aromatic nitrogens is 3. The van der Waals surface area contributed by atoms with Gasteiger partial charge in [-0.3, -0.25) is 9.78 Å². The number of carbonyl (C=O) groups excluding carboxylic acids is 1. The van der Waals surface area contributed by atoms with Crippen molar-refractivity contribution in [2.45, 2.75) is 0 Å². The van der Waals surface area contributed by atoms with E-state index in [0.717, 1.165) is 29.5 Å². The number of nitrogens with one attached hydrogen (secondary N) is 1. The zero-order chi connectivity index (χ0) is 18.1. The van der Waals surface area contributed by atoms with E-state index >= 15 is 0 Å². The molecule has 7 heteroatoms. The summed E-state index contributed by atoms with van der Waals surface area (Å²) in [6.45, 7) is 0. The normalized spacial score (nSPS) is 10.8. The number of carbonyl (C=O) groups is 1. The van der Waals surface area contributed by atoms with Crippen LogP contribution in [-0.4, -0.2) is 20.3 Å². The molecule has 0 atom stereocenters. The van der Waals surface area contributed by atoms with Gasteiger partial charge in [-0.25, -0.2) is 13.8 Å². The van der Waals surface area contributed by atoms with E-state index in [2.05, 4.69) is 15.3 Å². The summed E-state index contributed by atoms with van der Waals surface area (Å²) in [5.41, 5.74) is 2.39. The van der Waals surface area contributed by atoms with E-state index in [0.29, 0.717) is 5.65 Å². The molecule has 5 nitrogen and oxygen atoms in total. The van der Waals surface area contributed by atoms with Crippen molar-refractivity contribution in [1.82, 2.24) is 14.4 Å². The largest absolute Gasteiger partial charge is 0.320 e. The van der Waals surface area contributed by atoms with Crippen molar-refractivity contribution in [2.75, 3.05) is 5.32 Å². The molecule has 3 aromatic heterocycles. The predicted molar refractivity (Wildman–Crippen MR) is 92.7 cm³/mol. The molecular weight excluding hydrogens is 338 g/mol. The van der Waals surface area contributed by atoms with Crippen LogP contribution in [0, 0.1) is 11.6 Å². The van der Waals surface area contributed by atoms with E-state index in [1.165, 1.54) is 0 Å². The summed E-state index contributed by atoms with van der Waals surface area (Å²) in [5, 5.41) is 2.44. The highest BCUT2D eigenvalue weighted by molar-refractivity contribution is 6.03. The third-order valence-electron chi connectivity index (χ3n) is 3.76. The molecule has 0 saturated carbocycles. The van der Waals surface area contributed by atoms with Gasteiger partial charge >= 0.3 is 0 Å². The van der Waals surface area contributed by atoms with Gasteiger partial charge in [-0.2, -0.15) is 0 Å². The summed E-state index contributed by atoms with van der Waals surface area (Å²) in [4.78, 5) is 20.8. The molecule has 0 aliphatic carbocycles. The minimum absolute atomic E-state index is 0.0266. The van der Waals surface area contributed by atoms with Crippen molar-refractivity contribution in [2.24, 2.45) is 0 Å². The van der Waals surface area contributed by atoms with Crippen LogP contribution in [0.3, 0.4) is 0 Å². The average Bonchev–Trinajstić information content (AvgIpc) is 3.05. The highest BCUT2D eigenvalue weighted by Crippen LogP contribution is 2.19. The number of pyridine rings is 2. The van der Waals surface area contributed by atoms with Crippen LogP contribution >= 0.6 is 0 Å². The van der Waals surface area contributed by atoms with Gasteiger partial charge in [-0.1, -0.05) is 6.07 Å². The maximum Gasteiger partial charge on any atom is 0.275 e. The van der Waals surface area contributed by atoms with Crippen molar-refractivity contribution >= 4 is 17.2 Å². The number of anilines is 1. The molecular formula is C19H12F2N4O. The van der Waals surface area contributed by atoms with Crippen LogP contribution in [0.4, 0.5) is 14.5 Å². The van der Waals surface area contributed by atoms with Crippen molar-refractivity contribution in [1.29, 1.82) is 0 Å². The molecule has 0 saturated heterocycles. The Bertz CT molecular complexity index is 1090. The molecule has 0 bridgehead atoms. The molecule has 1 amide bonds. The molecule has 0 unspecified atom stereocenters. The summed E-state index contributed by atoms with van der Waals surface area (Å²) in [7, 11) is 0. The number of nitrogens with zero attached hydrogens (tertiary/aromatic N) is 3. The number of amides is 1. The van der Waals surface area contributed by atoms with Gasteiger partial charge < -0.3 is 9.72 Å². The second-order valence-electron chi connectivity index (χ2n) is 5.64. The average molecular weight is 350 g/mol. The number of halogens is 2. The van der Waals surface area contributed by atoms with Crippen molar-refractivity contribution < 1.29 is 13.6 Å².